The minimum absolute atomic E-state index is 0.805. The highest BCUT2D eigenvalue weighted by molar-refractivity contribution is 7.10. The molecule has 0 amide bonds. The fourth-order valence-electron chi connectivity index (χ4n) is 1.97. The SMILES string of the molecule is CNc1snnc1CN1CCn2cnnc2C1. The highest BCUT2D eigenvalue weighted by Gasteiger charge is 2.19. The van der Waals surface area contributed by atoms with E-state index in [1.807, 2.05) is 7.05 Å². The molecule has 1 aliphatic rings. The van der Waals surface area contributed by atoms with Crippen LogP contribution in [0.1, 0.15) is 11.5 Å². The Morgan fingerprint density at radius 3 is 3.24 bits per heavy atom. The Kier molecular flexibility index (Phi) is 2.73. The molecule has 0 aromatic carbocycles. The molecule has 0 spiro atoms. The van der Waals surface area contributed by atoms with Gasteiger partial charge in [0.2, 0.25) is 0 Å². The van der Waals surface area contributed by atoms with E-state index in [2.05, 4.69) is 34.6 Å². The third-order valence-corrected chi connectivity index (χ3v) is 3.66. The van der Waals surface area contributed by atoms with Crippen LogP contribution < -0.4 is 5.32 Å². The summed E-state index contributed by atoms with van der Waals surface area (Å²) in [6, 6.07) is 0. The second kappa shape index (κ2) is 4.38. The van der Waals surface area contributed by atoms with E-state index in [0.29, 0.717) is 0 Å². The summed E-state index contributed by atoms with van der Waals surface area (Å²) in [5, 5.41) is 16.3. The molecule has 0 aliphatic carbocycles. The maximum Gasteiger partial charge on any atom is 0.147 e. The first kappa shape index (κ1) is 10.6. The third-order valence-electron chi connectivity index (χ3n) is 2.87. The lowest BCUT2D eigenvalue weighted by atomic mass is 10.3. The van der Waals surface area contributed by atoms with Crippen molar-refractivity contribution in [2.45, 2.75) is 19.6 Å². The van der Waals surface area contributed by atoms with E-state index >= 15 is 0 Å². The summed E-state index contributed by atoms with van der Waals surface area (Å²) in [6.07, 6.45) is 1.79. The molecule has 0 atom stereocenters. The highest BCUT2D eigenvalue weighted by Crippen LogP contribution is 2.20. The van der Waals surface area contributed by atoms with Crippen LogP contribution >= 0.6 is 11.5 Å². The van der Waals surface area contributed by atoms with E-state index in [1.165, 1.54) is 11.5 Å². The summed E-state index contributed by atoms with van der Waals surface area (Å²) in [7, 11) is 1.89. The summed E-state index contributed by atoms with van der Waals surface area (Å²) in [4.78, 5) is 2.31. The Morgan fingerprint density at radius 2 is 2.35 bits per heavy atom. The molecule has 0 fully saturated rings. The van der Waals surface area contributed by atoms with E-state index in [-0.39, 0.29) is 0 Å². The topological polar surface area (TPSA) is 71.8 Å². The quantitative estimate of drug-likeness (QED) is 0.839. The lowest BCUT2D eigenvalue weighted by Gasteiger charge is -2.26. The molecule has 1 N–H and O–H groups in total. The van der Waals surface area contributed by atoms with Crippen molar-refractivity contribution in [1.29, 1.82) is 0 Å². The Morgan fingerprint density at radius 1 is 1.41 bits per heavy atom. The first-order valence-corrected chi connectivity index (χ1v) is 6.22. The zero-order chi connectivity index (χ0) is 11.7. The average molecular weight is 251 g/mol. The molecule has 17 heavy (non-hydrogen) atoms. The number of hydrogen-bond acceptors (Lipinski definition) is 7. The van der Waals surface area contributed by atoms with Gasteiger partial charge in [-0.05, 0) is 0 Å². The van der Waals surface area contributed by atoms with Crippen molar-refractivity contribution in [3.63, 3.8) is 0 Å². The van der Waals surface area contributed by atoms with E-state index < -0.39 is 0 Å². The predicted octanol–water partition coefficient (Wildman–Crippen LogP) is 0.187. The molecule has 3 rings (SSSR count). The van der Waals surface area contributed by atoms with Crippen molar-refractivity contribution in [2.75, 3.05) is 18.9 Å². The van der Waals surface area contributed by atoms with Crippen molar-refractivity contribution in [2.24, 2.45) is 0 Å². The molecular weight excluding hydrogens is 238 g/mol. The van der Waals surface area contributed by atoms with Crippen LogP contribution in [0.15, 0.2) is 6.33 Å². The third kappa shape index (κ3) is 2.01. The normalized spacial score (nSPS) is 15.8. The largest absolute Gasteiger partial charge is 0.377 e. The highest BCUT2D eigenvalue weighted by atomic mass is 32.1. The van der Waals surface area contributed by atoms with Crippen molar-refractivity contribution >= 4 is 16.5 Å². The monoisotopic (exact) mass is 251 g/mol. The van der Waals surface area contributed by atoms with Crippen LogP contribution in [0.2, 0.25) is 0 Å². The predicted molar refractivity (Wildman–Crippen MR) is 63.6 cm³/mol. The lowest BCUT2D eigenvalue weighted by Crippen LogP contribution is -2.33. The van der Waals surface area contributed by atoms with Gasteiger partial charge >= 0.3 is 0 Å². The van der Waals surface area contributed by atoms with Crippen molar-refractivity contribution < 1.29 is 0 Å². The van der Waals surface area contributed by atoms with Crippen LogP contribution in [-0.4, -0.2) is 42.8 Å². The first-order chi connectivity index (χ1) is 8.36. The van der Waals surface area contributed by atoms with Gasteiger partial charge in [-0.1, -0.05) is 4.49 Å². The van der Waals surface area contributed by atoms with Crippen molar-refractivity contribution in [3.8, 4) is 0 Å². The summed E-state index contributed by atoms with van der Waals surface area (Å²) in [5.74, 6) is 1.02. The molecular formula is C9H13N7S. The second-order valence-electron chi connectivity index (χ2n) is 3.95. The van der Waals surface area contributed by atoms with E-state index in [9.17, 15) is 0 Å². The van der Waals surface area contributed by atoms with Crippen LogP contribution in [0.3, 0.4) is 0 Å². The molecule has 0 unspecified atom stereocenters. The number of rotatable bonds is 3. The zero-order valence-corrected chi connectivity index (χ0v) is 10.3. The minimum atomic E-state index is 0.805. The van der Waals surface area contributed by atoms with Crippen LogP contribution in [0.5, 0.6) is 0 Å². The molecule has 0 saturated carbocycles. The average Bonchev–Trinajstić information content (AvgIpc) is 2.96. The van der Waals surface area contributed by atoms with Gasteiger partial charge in [0, 0.05) is 38.2 Å². The molecule has 8 heteroatoms. The molecule has 0 saturated heterocycles. The summed E-state index contributed by atoms with van der Waals surface area (Å²) >= 11 is 1.39. The molecule has 0 radical (unpaired) electrons. The summed E-state index contributed by atoms with van der Waals surface area (Å²) in [5.41, 5.74) is 1.01. The fraction of sp³-hybridized carbons (Fsp3) is 0.556. The summed E-state index contributed by atoms with van der Waals surface area (Å²) < 4.78 is 6.05. The van der Waals surface area contributed by atoms with Gasteiger partial charge in [0.25, 0.3) is 0 Å². The smallest absolute Gasteiger partial charge is 0.147 e. The Hall–Kier alpha value is -1.54. The Bertz CT molecular complexity index is 505. The number of nitrogens with zero attached hydrogens (tertiary/aromatic N) is 6. The standard InChI is InChI=1S/C9H13N7S/c1-10-9-7(12-14-17-9)4-15-2-3-16-6-11-13-8(16)5-15/h6,10H,2-5H2,1H3. The second-order valence-corrected chi connectivity index (χ2v) is 4.70. The number of anilines is 1. The fourth-order valence-corrected chi connectivity index (χ4v) is 2.49. The van der Waals surface area contributed by atoms with Crippen LogP contribution in [-0.2, 0) is 19.6 Å². The van der Waals surface area contributed by atoms with Gasteiger partial charge in [0.15, 0.2) is 0 Å². The van der Waals surface area contributed by atoms with Gasteiger partial charge in [0.05, 0.1) is 6.54 Å². The van der Waals surface area contributed by atoms with Crippen LogP contribution in [0, 0.1) is 0 Å². The number of hydrogen-bond donors (Lipinski definition) is 1. The molecule has 3 heterocycles. The van der Waals surface area contributed by atoms with Crippen LogP contribution in [0.25, 0.3) is 0 Å². The van der Waals surface area contributed by atoms with Gasteiger partial charge in [-0.3, -0.25) is 4.90 Å². The zero-order valence-electron chi connectivity index (χ0n) is 9.50. The number of nitrogens with one attached hydrogen (secondary N) is 1. The Balaban J connectivity index is 1.72. The van der Waals surface area contributed by atoms with Gasteiger partial charge in [-0.2, -0.15) is 0 Å². The molecule has 1 aliphatic heterocycles. The molecule has 2 aromatic rings. The number of fused-ring (bicyclic) bond motifs is 1. The van der Waals surface area contributed by atoms with Crippen molar-refractivity contribution in [1.82, 2.24) is 29.3 Å². The van der Waals surface area contributed by atoms with Gasteiger partial charge in [0.1, 0.15) is 22.8 Å². The molecule has 2 aromatic heterocycles. The van der Waals surface area contributed by atoms with E-state index in [4.69, 9.17) is 0 Å². The molecule has 0 bridgehead atoms. The first-order valence-electron chi connectivity index (χ1n) is 5.45. The molecule has 90 valence electrons. The van der Waals surface area contributed by atoms with E-state index in [1.54, 1.807) is 6.33 Å². The number of aromatic nitrogens is 5. The lowest BCUT2D eigenvalue weighted by molar-refractivity contribution is 0.207. The van der Waals surface area contributed by atoms with E-state index in [0.717, 1.165) is 42.7 Å². The van der Waals surface area contributed by atoms with Gasteiger partial charge in [-0.25, -0.2) is 0 Å². The maximum atomic E-state index is 4.15. The van der Waals surface area contributed by atoms with Crippen molar-refractivity contribution in [3.05, 3.63) is 17.8 Å². The minimum Gasteiger partial charge on any atom is -0.377 e. The Labute approximate surface area is 103 Å². The van der Waals surface area contributed by atoms with Crippen LogP contribution in [0.4, 0.5) is 5.00 Å². The van der Waals surface area contributed by atoms with Gasteiger partial charge < -0.3 is 9.88 Å². The molecule has 7 nitrogen and oxygen atoms in total. The maximum absolute atomic E-state index is 4.15. The van der Waals surface area contributed by atoms with Gasteiger partial charge in [-0.15, -0.1) is 15.3 Å². The summed E-state index contributed by atoms with van der Waals surface area (Å²) in [6.45, 7) is 3.56.